The molecule has 11 heavy (non-hydrogen) atoms. The Morgan fingerprint density at radius 1 is 1.09 bits per heavy atom. The van der Waals surface area contributed by atoms with Crippen molar-refractivity contribution >= 4 is 6.71 Å². The van der Waals surface area contributed by atoms with E-state index in [0.29, 0.717) is 0 Å². The van der Waals surface area contributed by atoms with Crippen LogP contribution < -0.4 is 5.32 Å². The Hall–Kier alpha value is 0.0249. The molecule has 0 aliphatic heterocycles. The summed E-state index contributed by atoms with van der Waals surface area (Å²) in [5.74, 6) is 0. The van der Waals surface area contributed by atoms with E-state index in [4.69, 9.17) is 0 Å². The maximum atomic E-state index is 3.18. The first-order valence-electron chi connectivity index (χ1n) is 4.99. The first-order valence-corrected chi connectivity index (χ1v) is 4.99. The van der Waals surface area contributed by atoms with Crippen molar-refractivity contribution in [2.75, 3.05) is 13.6 Å². The molecule has 0 aromatic carbocycles. The topological polar surface area (TPSA) is 12.0 Å². The zero-order valence-corrected chi connectivity index (χ0v) is 8.32. The molecule has 0 atom stereocenters. The minimum atomic E-state index is 0.979. The van der Waals surface area contributed by atoms with Crippen molar-refractivity contribution in [2.24, 2.45) is 0 Å². The molecule has 1 nitrogen and oxygen atoms in total. The van der Waals surface area contributed by atoms with Crippen LogP contribution in [-0.2, 0) is 0 Å². The Kier molecular flexibility index (Phi) is 8.14. The number of hydrogen-bond acceptors (Lipinski definition) is 1. The molecule has 0 saturated heterocycles. The predicted octanol–water partition coefficient (Wildman–Crippen LogP) is 2.52. The summed E-state index contributed by atoms with van der Waals surface area (Å²) in [6, 6.07) is 0. The van der Waals surface area contributed by atoms with Gasteiger partial charge in [0, 0.05) is 0 Å². The fourth-order valence-corrected chi connectivity index (χ4v) is 1.43. The number of rotatable bonds is 7. The molecule has 2 heteroatoms. The average Bonchev–Trinajstić information content (AvgIpc) is 2.05. The third-order valence-electron chi connectivity index (χ3n) is 2.44. The van der Waals surface area contributed by atoms with E-state index in [1.807, 2.05) is 7.05 Å². The lowest BCUT2D eigenvalue weighted by atomic mass is 9.43. The van der Waals surface area contributed by atoms with Crippen molar-refractivity contribution in [2.45, 2.75) is 45.6 Å². The molecule has 0 aliphatic rings. The summed E-state index contributed by atoms with van der Waals surface area (Å²) in [6.07, 6.45) is 6.88. The number of unbranched alkanes of at least 4 members (excludes halogenated alkanes) is 1. The van der Waals surface area contributed by atoms with Crippen molar-refractivity contribution in [3.63, 3.8) is 0 Å². The molecule has 0 radical (unpaired) electrons. The normalized spacial score (nSPS) is 10.1. The molecule has 0 spiro atoms. The first kappa shape index (κ1) is 11.0. The molecule has 1 N–H and O–H groups in total. The summed E-state index contributed by atoms with van der Waals surface area (Å²) in [4.78, 5) is 0. The van der Waals surface area contributed by atoms with Gasteiger partial charge in [0.15, 0.2) is 0 Å². The second kappa shape index (κ2) is 8.12. The van der Waals surface area contributed by atoms with Crippen LogP contribution in [0, 0.1) is 0 Å². The van der Waals surface area contributed by atoms with Gasteiger partial charge in [-0.3, -0.25) is 0 Å². The van der Waals surface area contributed by atoms with E-state index in [1.54, 1.807) is 0 Å². The number of hydrogen-bond donors (Lipinski definition) is 1. The molecular weight excluding hydrogens is 133 g/mol. The zero-order valence-electron chi connectivity index (χ0n) is 8.32. The lowest BCUT2D eigenvalue weighted by molar-refractivity contribution is 0.706. The average molecular weight is 155 g/mol. The molecule has 0 aliphatic carbocycles. The Morgan fingerprint density at radius 3 is 2.18 bits per heavy atom. The molecular formula is C9H22BN. The van der Waals surface area contributed by atoms with Crippen LogP contribution in [-0.4, -0.2) is 20.3 Å². The van der Waals surface area contributed by atoms with Gasteiger partial charge in [-0.1, -0.05) is 39.2 Å². The maximum Gasteiger partial charge on any atom is 0.139 e. The Bertz CT molecular complexity index is 72.0. The Labute approximate surface area is 72.0 Å². The highest BCUT2D eigenvalue weighted by molar-refractivity contribution is 6.58. The second-order valence-electron chi connectivity index (χ2n) is 3.28. The molecule has 0 rings (SSSR count). The van der Waals surface area contributed by atoms with Gasteiger partial charge in [0.2, 0.25) is 0 Å². The van der Waals surface area contributed by atoms with Gasteiger partial charge in [0.05, 0.1) is 0 Å². The van der Waals surface area contributed by atoms with Crippen LogP contribution in [0.5, 0.6) is 0 Å². The van der Waals surface area contributed by atoms with Gasteiger partial charge < -0.3 is 5.32 Å². The van der Waals surface area contributed by atoms with Crippen LogP contribution in [0.25, 0.3) is 0 Å². The van der Waals surface area contributed by atoms with Crippen molar-refractivity contribution in [3.05, 3.63) is 0 Å². The maximum absolute atomic E-state index is 3.18. The van der Waals surface area contributed by atoms with Gasteiger partial charge >= 0.3 is 0 Å². The fraction of sp³-hybridized carbons (Fsp3) is 1.00. The molecule has 0 heterocycles. The van der Waals surface area contributed by atoms with Crippen molar-refractivity contribution in [1.29, 1.82) is 0 Å². The van der Waals surface area contributed by atoms with Gasteiger partial charge in [0.25, 0.3) is 0 Å². The van der Waals surface area contributed by atoms with E-state index in [9.17, 15) is 0 Å². The summed E-state index contributed by atoms with van der Waals surface area (Å²) in [7, 11) is 2.02. The summed E-state index contributed by atoms with van der Waals surface area (Å²) < 4.78 is 0. The lowest BCUT2D eigenvalue weighted by Crippen LogP contribution is -2.11. The van der Waals surface area contributed by atoms with Crippen LogP contribution in [0.4, 0.5) is 0 Å². The van der Waals surface area contributed by atoms with E-state index in [1.165, 1.54) is 38.3 Å². The standard InChI is InChI=1S/C9H22BN/c1-4-10(5-2)8-6-7-9-11-3/h11H,4-9H2,1-3H3. The first-order chi connectivity index (χ1) is 5.35. The highest BCUT2D eigenvalue weighted by atomic mass is 14.8. The summed E-state index contributed by atoms with van der Waals surface area (Å²) >= 11 is 0. The third-order valence-corrected chi connectivity index (χ3v) is 2.44. The largest absolute Gasteiger partial charge is 0.320 e. The van der Waals surface area contributed by atoms with Gasteiger partial charge in [-0.2, -0.15) is 0 Å². The van der Waals surface area contributed by atoms with E-state index >= 15 is 0 Å². The van der Waals surface area contributed by atoms with Crippen molar-refractivity contribution in [3.8, 4) is 0 Å². The molecule has 0 bridgehead atoms. The summed E-state index contributed by atoms with van der Waals surface area (Å²) in [6.45, 7) is 6.75. The highest BCUT2D eigenvalue weighted by Gasteiger charge is 2.06. The van der Waals surface area contributed by atoms with E-state index in [0.717, 1.165) is 6.71 Å². The van der Waals surface area contributed by atoms with E-state index in [2.05, 4.69) is 19.2 Å². The monoisotopic (exact) mass is 155 g/mol. The fourth-order valence-electron chi connectivity index (χ4n) is 1.43. The van der Waals surface area contributed by atoms with E-state index < -0.39 is 0 Å². The molecule has 0 unspecified atom stereocenters. The van der Waals surface area contributed by atoms with E-state index in [-0.39, 0.29) is 0 Å². The molecule has 0 aromatic heterocycles. The molecule has 0 saturated carbocycles. The van der Waals surface area contributed by atoms with Gasteiger partial charge in [0.1, 0.15) is 6.71 Å². The van der Waals surface area contributed by atoms with Crippen LogP contribution in [0.2, 0.25) is 19.0 Å². The number of nitrogens with one attached hydrogen (secondary N) is 1. The van der Waals surface area contributed by atoms with Gasteiger partial charge in [-0.25, -0.2) is 0 Å². The second-order valence-corrected chi connectivity index (χ2v) is 3.28. The zero-order chi connectivity index (χ0) is 8.53. The highest BCUT2D eigenvalue weighted by Crippen LogP contribution is 2.08. The minimum absolute atomic E-state index is 0.979. The van der Waals surface area contributed by atoms with Crippen LogP contribution in [0.15, 0.2) is 0 Å². The molecule has 0 aromatic rings. The smallest absolute Gasteiger partial charge is 0.139 e. The van der Waals surface area contributed by atoms with Crippen LogP contribution >= 0.6 is 0 Å². The van der Waals surface area contributed by atoms with Crippen molar-refractivity contribution in [1.82, 2.24) is 5.32 Å². The summed E-state index contributed by atoms with van der Waals surface area (Å²) in [5.41, 5.74) is 0. The van der Waals surface area contributed by atoms with Crippen LogP contribution in [0.1, 0.15) is 26.7 Å². The predicted molar refractivity (Wildman–Crippen MR) is 54.7 cm³/mol. The third kappa shape index (κ3) is 6.42. The molecule has 0 fully saturated rings. The van der Waals surface area contributed by atoms with Crippen LogP contribution in [0.3, 0.4) is 0 Å². The lowest BCUT2D eigenvalue weighted by Gasteiger charge is -2.07. The SMILES string of the molecule is CCB(CC)CCCCNC. The Morgan fingerprint density at radius 2 is 1.73 bits per heavy atom. The van der Waals surface area contributed by atoms with Gasteiger partial charge in [-0.05, 0) is 20.0 Å². The molecule has 0 amide bonds. The molecule has 66 valence electrons. The quantitative estimate of drug-likeness (QED) is 0.440. The Balaban J connectivity index is 3.07. The van der Waals surface area contributed by atoms with Gasteiger partial charge in [-0.15, -0.1) is 0 Å². The minimum Gasteiger partial charge on any atom is -0.320 e. The van der Waals surface area contributed by atoms with Crippen molar-refractivity contribution < 1.29 is 0 Å². The summed E-state index contributed by atoms with van der Waals surface area (Å²) in [5, 5.41) is 3.18.